The van der Waals surface area contributed by atoms with Crippen molar-refractivity contribution in [1.82, 2.24) is 4.98 Å². The van der Waals surface area contributed by atoms with Crippen LogP contribution in [0.5, 0.6) is 0 Å². The van der Waals surface area contributed by atoms with Crippen LogP contribution in [0, 0.1) is 6.92 Å². The van der Waals surface area contributed by atoms with E-state index in [1.165, 1.54) is 0 Å². The number of carbonyl (C=O) groups excluding carboxylic acids is 1. The standard InChI is InChI=1S/C13H17BrN2O2/c1-3-18-13(17)11-5-4-6-16(11)12-10(14)7-9(2)8-15-12/h7-8,11H,3-6H2,1-2H3. The highest BCUT2D eigenvalue weighted by atomic mass is 79.9. The zero-order valence-corrected chi connectivity index (χ0v) is 12.2. The highest BCUT2D eigenvalue weighted by molar-refractivity contribution is 9.10. The lowest BCUT2D eigenvalue weighted by Gasteiger charge is -2.25. The first-order valence-electron chi connectivity index (χ1n) is 6.19. The monoisotopic (exact) mass is 312 g/mol. The van der Waals surface area contributed by atoms with Crippen LogP contribution in [0.1, 0.15) is 25.3 Å². The first kappa shape index (κ1) is 13.3. The van der Waals surface area contributed by atoms with E-state index in [0.717, 1.165) is 35.2 Å². The average molecular weight is 313 g/mol. The lowest BCUT2D eigenvalue weighted by atomic mass is 10.2. The molecule has 2 rings (SSSR count). The summed E-state index contributed by atoms with van der Waals surface area (Å²) in [7, 11) is 0. The van der Waals surface area contributed by atoms with Gasteiger partial charge in [-0.3, -0.25) is 0 Å². The van der Waals surface area contributed by atoms with E-state index in [-0.39, 0.29) is 12.0 Å². The highest BCUT2D eigenvalue weighted by Crippen LogP contribution is 2.31. The van der Waals surface area contributed by atoms with Crippen molar-refractivity contribution < 1.29 is 9.53 Å². The number of rotatable bonds is 3. The lowest BCUT2D eigenvalue weighted by Crippen LogP contribution is -2.38. The topological polar surface area (TPSA) is 42.4 Å². The van der Waals surface area contributed by atoms with E-state index in [4.69, 9.17) is 4.74 Å². The van der Waals surface area contributed by atoms with E-state index in [1.807, 2.05) is 31.0 Å². The van der Waals surface area contributed by atoms with Crippen LogP contribution in [0.4, 0.5) is 5.82 Å². The van der Waals surface area contributed by atoms with Crippen LogP contribution in [0.3, 0.4) is 0 Å². The maximum absolute atomic E-state index is 11.9. The number of hydrogen-bond donors (Lipinski definition) is 0. The molecule has 1 fully saturated rings. The Kier molecular flexibility index (Phi) is 4.22. The molecule has 0 aliphatic carbocycles. The lowest BCUT2D eigenvalue weighted by molar-refractivity contribution is -0.144. The Morgan fingerprint density at radius 2 is 2.44 bits per heavy atom. The molecule has 0 spiro atoms. The van der Waals surface area contributed by atoms with Gasteiger partial charge in [0.2, 0.25) is 0 Å². The van der Waals surface area contributed by atoms with Gasteiger partial charge in [0.25, 0.3) is 0 Å². The van der Waals surface area contributed by atoms with Gasteiger partial charge in [-0.25, -0.2) is 9.78 Å². The third-order valence-electron chi connectivity index (χ3n) is 3.04. The fourth-order valence-electron chi connectivity index (χ4n) is 2.24. The Bertz CT molecular complexity index is 451. The molecule has 1 aliphatic heterocycles. The third-order valence-corrected chi connectivity index (χ3v) is 3.63. The fourth-order valence-corrected chi connectivity index (χ4v) is 2.93. The van der Waals surface area contributed by atoms with Gasteiger partial charge < -0.3 is 9.64 Å². The van der Waals surface area contributed by atoms with Gasteiger partial charge >= 0.3 is 5.97 Å². The molecule has 1 saturated heterocycles. The van der Waals surface area contributed by atoms with Gasteiger partial charge in [0, 0.05) is 12.7 Å². The van der Waals surface area contributed by atoms with E-state index in [0.29, 0.717) is 6.61 Å². The minimum atomic E-state index is -0.198. The van der Waals surface area contributed by atoms with Crippen LogP contribution in [-0.4, -0.2) is 30.1 Å². The first-order chi connectivity index (χ1) is 8.63. The molecule has 2 heterocycles. The number of carbonyl (C=O) groups is 1. The minimum absolute atomic E-state index is 0.149. The molecule has 0 saturated carbocycles. The zero-order valence-electron chi connectivity index (χ0n) is 10.6. The second kappa shape index (κ2) is 5.69. The Morgan fingerprint density at radius 1 is 1.67 bits per heavy atom. The summed E-state index contributed by atoms with van der Waals surface area (Å²) in [4.78, 5) is 18.4. The second-order valence-electron chi connectivity index (χ2n) is 4.42. The molecule has 1 aromatic rings. The van der Waals surface area contributed by atoms with Crippen molar-refractivity contribution in [3.8, 4) is 0 Å². The number of esters is 1. The zero-order chi connectivity index (χ0) is 13.1. The fraction of sp³-hybridized carbons (Fsp3) is 0.538. The van der Waals surface area contributed by atoms with E-state index >= 15 is 0 Å². The number of pyridine rings is 1. The Hall–Kier alpha value is -1.10. The maximum atomic E-state index is 11.9. The van der Waals surface area contributed by atoms with Crippen molar-refractivity contribution in [3.63, 3.8) is 0 Å². The minimum Gasteiger partial charge on any atom is -0.464 e. The summed E-state index contributed by atoms with van der Waals surface area (Å²) in [5.74, 6) is 0.681. The summed E-state index contributed by atoms with van der Waals surface area (Å²) >= 11 is 3.52. The van der Waals surface area contributed by atoms with Gasteiger partial charge in [-0.15, -0.1) is 0 Å². The van der Waals surface area contributed by atoms with Gasteiger partial charge in [0.15, 0.2) is 0 Å². The summed E-state index contributed by atoms with van der Waals surface area (Å²) in [6.45, 7) is 5.09. The molecule has 4 nitrogen and oxygen atoms in total. The number of hydrogen-bond acceptors (Lipinski definition) is 4. The number of aryl methyl sites for hydroxylation is 1. The van der Waals surface area contributed by atoms with Crippen LogP contribution in [0.25, 0.3) is 0 Å². The Balaban J connectivity index is 2.23. The van der Waals surface area contributed by atoms with Crippen LogP contribution in [0.15, 0.2) is 16.7 Å². The smallest absolute Gasteiger partial charge is 0.328 e. The predicted octanol–water partition coefficient (Wildman–Crippen LogP) is 2.68. The summed E-state index contributed by atoms with van der Waals surface area (Å²) in [5, 5.41) is 0. The van der Waals surface area contributed by atoms with Gasteiger partial charge in [0.1, 0.15) is 11.9 Å². The maximum Gasteiger partial charge on any atom is 0.328 e. The average Bonchev–Trinajstić information content (AvgIpc) is 2.78. The summed E-state index contributed by atoms with van der Waals surface area (Å²) in [6.07, 6.45) is 3.65. The van der Waals surface area contributed by atoms with Gasteiger partial charge in [-0.2, -0.15) is 0 Å². The summed E-state index contributed by atoms with van der Waals surface area (Å²) < 4.78 is 6.05. The molecule has 1 unspecified atom stereocenters. The molecule has 0 bridgehead atoms. The van der Waals surface area contributed by atoms with Crippen molar-refractivity contribution >= 4 is 27.7 Å². The highest BCUT2D eigenvalue weighted by Gasteiger charge is 2.33. The molecule has 1 aliphatic rings. The van der Waals surface area contributed by atoms with E-state index in [2.05, 4.69) is 20.9 Å². The molecular formula is C13H17BrN2O2. The van der Waals surface area contributed by atoms with Gasteiger partial charge in [0.05, 0.1) is 11.1 Å². The molecule has 5 heteroatoms. The molecule has 0 N–H and O–H groups in total. The van der Waals surface area contributed by atoms with Crippen molar-refractivity contribution in [2.75, 3.05) is 18.1 Å². The van der Waals surface area contributed by atoms with Crippen molar-refractivity contribution in [1.29, 1.82) is 0 Å². The SMILES string of the molecule is CCOC(=O)C1CCCN1c1ncc(C)cc1Br. The van der Waals surface area contributed by atoms with Crippen LogP contribution < -0.4 is 4.90 Å². The molecule has 0 amide bonds. The summed E-state index contributed by atoms with van der Waals surface area (Å²) in [5.41, 5.74) is 1.09. The quantitative estimate of drug-likeness (QED) is 0.805. The van der Waals surface area contributed by atoms with Crippen LogP contribution in [-0.2, 0) is 9.53 Å². The van der Waals surface area contributed by atoms with Crippen molar-refractivity contribution in [2.24, 2.45) is 0 Å². The van der Waals surface area contributed by atoms with Crippen LogP contribution >= 0.6 is 15.9 Å². The first-order valence-corrected chi connectivity index (χ1v) is 6.98. The number of aromatic nitrogens is 1. The molecular weight excluding hydrogens is 296 g/mol. The van der Waals surface area contributed by atoms with Crippen LogP contribution in [0.2, 0.25) is 0 Å². The number of nitrogens with zero attached hydrogens (tertiary/aromatic N) is 2. The second-order valence-corrected chi connectivity index (χ2v) is 5.28. The molecule has 1 aromatic heterocycles. The number of halogens is 1. The van der Waals surface area contributed by atoms with Crippen molar-refractivity contribution in [2.45, 2.75) is 32.7 Å². The van der Waals surface area contributed by atoms with E-state index < -0.39 is 0 Å². The molecule has 98 valence electrons. The Labute approximate surface area is 115 Å². The molecule has 0 radical (unpaired) electrons. The Morgan fingerprint density at radius 3 is 3.11 bits per heavy atom. The van der Waals surface area contributed by atoms with E-state index in [9.17, 15) is 4.79 Å². The molecule has 1 atom stereocenters. The predicted molar refractivity (Wildman–Crippen MR) is 73.7 cm³/mol. The number of ether oxygens (including phenoxy) is 1. The third kappa shape index (κ3) is 2.66. The molecule has 18 heavy (non-hydrogen) atoms. The van der Waals surface area contributed by atoms with Gasteiger partial charge in [-0.1, -0.05) is 0 Å². The van der Waals surface area contributed by atoms with Gasteiger partial charge in [-0.05, 0) is 54.2 Å². The number of anilines is 1. The molecule has 0 aromatic carbocycles. The van der Waals surface area contributed by atoms with Crippen molar-refractivity contribution in [3.05, 3.63) is 22.3 Å². The normalized spacial score (nSPS) is 19.1. The summed E-state index contributed by atoms with van der Waals surface area (Å²) in [6, 6.07) is 1.82. The van der Waals surface area contributed by atoms with E-state index in [1.54, 1.807) is 0 Å². The largest absolute Gasteiger partial charge is 0.464 e.